The lowest BCUT2D eigenvalue weighted by molar-refractivity contribution is 0.160. The normalized spacial score (nSPS) is 19.7. The molecule has 0 bridgehead atoms. The van der Waals surface area contributed by atoms with E-state index in [0.717, 1.165) is 44.5 Å². The van der Waals surface area contributed by atoms with Crippen molar-refractivity contribution in [1.82, 2.24) is 10.2 Å². The van der Waals surface area contributed by atoms with Crippen molar-refractivity contribution < 1.29 is 4.74 Å². The number of piperazine rings is 1. The van der Waals surface area contributed by atoms with Gasteiger partial charge in [0.2, 0.25) is 0 Å². The third kappa shape index (κ3) is 5.31. The van der Waals surface area contributed by atoms with Gasteiger partial charge in [-0.05, 0) is 37.0 Å². The van der Waals surface area contributed by atoms with E-state index in [1.54, 1.807) is 0 Å². The topological polar surface area (TPSA) is 24.5 Å². The summed E-state index contributed by atoms with van der Waals surface area (Å²) in [6.07, 6.45) is 4.16. The van der Waals surface area contributed by atoms with Gasteiger partial charge < -0.3 is 10.1 Å². The number of nitrogens with zero attached hydrogens (tertiary/aromatic N) is 1. The van der Waals surface area contributed by atoms with Crippen LogP contribution in [-0.4, -0.2) is 37.7 Å². The minimum atomic E-state index is 0. The summed E-state index contributed by atoms with van der Waals surface area (Å²) in [5.74, 6) is 1.96. The van der Waals surface area contributed by atoms with Gasteiger partial charge in [-0.1, -0.05) is 25.0 Å². The fraction of sp³-hybridized carbons (Fsp3) is 0.647. The number of benzene rings is 1. The zero-order valence-electron chi connectivity index (χ0n) is 13.3. The maximum absolute atomic E-state index is 5.67. The first-order chi connectivity index (χ1) is 9.86. The van der Waals surface area contributed by atoms with E-state index in [4.69, 9.17) is 4.74 Å². The summed E-state index contributed by atoms with van der Waals surface area (Å²) in [5, 5.41) is 3.46. The van der Waals surface area contributed by atoms with Crippen molar-refractivity contribution in [3.05, 3.63) is 29.8 Å². The minimum absolute atomic E-state index is 0. The van der Waals surface area contributed by atoms with Crippen LogP contribution < -0.4 is 10.1 Å². The van der Waals surface area contributed by atoms with Gasteiger partial charge in [-0.2, -0.15) is 0 Å². The van der Waals surface area contributed by atoms with Crippen LogP contribution in [0.2, 0.25) is 0 Å². The molecule has 22 heavy (non-hydrogen) atoms. The highest BCUT2D eigenvalue weighted by atomic mass is 35.5. The third-order valence-electron chi connectivity index (χ3n) is 4.40. The fourth-order valence-corrected chi connectivity index (χ4v) is 3.14. The first-order valence-electron chi connectivity index (χ1n) is 8.04. The Kier molecular flexibility index (Phi) is 8.55. The summed E-state index contributed by atoms with van der Waals surface area (Å²) >= 11 is 0. The molecule has 126 valence electrons. The van der Waals surface area contributed by atoms with Crippen LogP contribution in [0, 0.1) is 5.92 Å². The van der Waals surface area contributed by atoms with Crippen molar-refractivity contribution in [3.63, 3.8) is 0 Å². The van der Waals surface area contributed by atoms with E-state index < -0.39 is 0 Å². The van der Waals surface area contributed by atoms with Crippen molar-refractivity contribution >= 4 is 24.8 Å². The second-order valence-electron chi connectivity index (χ2n) is 5.99. The van der Waals surface area contributed by atoms with Gasteiger partial charge in [-0.15, -0.1) is 24.8 Å². The minimum Gasteiger partial charge on any atom is -0.494 e. The zero-order chi connectivity index (χ0) is 13.8. The van der Waals surface area contributed by atoms with Gasteiger partial charge in [0.25, 0.3) is 0 Å². The van der Waals surface area contributed by atoms with Crippen molar-refractivity contribution in [2.45, 2.75) is 32.2 Å². The monoisotopic (exact) mass is 346 g/mol. The second-order valence-corrected chi connectivity index (χ2v) is 5.99. The number of rotatable bonds is 6. The maximum atomic E-state index is 5.67. The Morgan fingerprint density at radius 3 is 2.59 bits per heavy atom. The van der Waals surface area contributed by atoms with Crippen molar-refractivity contribution in [2.75, 3.05) is 32.8 Å². The fourth-order valence-electron chi connectivity index (χ4n) is 3.14. The molecule has 1 atom stereocenters. The van der Waals surface area contributed by atoms with Crippen molar-refractivity contribution in [2.24, 2.45) is 5.92 Å². The molecule has 1 heterocycles. The molecular weight excluding hydrogens is 319 g/mol. The Hall–Kier alpha value is -0.480. The molecular formula is C17H28Cl2N2O. The van der Waals surface area contributed by atoms with Gasteiger partial charge in [-0.3, -0.25) is 4.90 Å². The Bertz CT molecular complexity index is 434. The number of nitrogens with one attached hydrogen (secondary N) is 1. The zero-order valence-corrected chi connectivity index (χ0v) is 14.9. The average Bonchev–Trinajstić information content (AvgIpc) is 3.30. The smallest absolute Gasteiger partial charge is 0.119 e. The van der Waals surface area contributed by atoms with Crippen LogP contribution in [-0.2, 0) is 0 Å². The van der Waals surface area contributed by atoms with Crippen LogP contribution >= 0.6 is 24.8 Å². The van der Waals surface area contributed by atoms with Crippen LogP contribution in [0.15, 0.2) is 24.3 Å². The third-order valence-corrected chi connectivity index (χ3v) is 4.40. The first kappa shape index (κ1) is 19.6. The summed E-state index contributed by atoms with van der Waals surface area (Å²) in [4.78, 5) is 2.65. The van der Waals surface area contributed by atoms with E-state index in [0.29, 0.717) is 6.04 Å². The summed E-state index contributed by atoms with van der Waals surface area (Å²) in [5.41, 5.74) is 1.43. The molecule has 0 radical (unpaired) electrons. The first-order valence-corrected chi connectivity index (χ1v) is 8.04. The SMILES string of the molecule is CCOc1cccc([C@@H](CC2CC2)N2CCNCC2)c1.Cl.Cl. The predicted octanol–water partition coefficient (Wildman–Crippen LogP) is 3.68. The molecule has 1 aliphatic heterocycles. The molecule has 1 N–H and O–H groups in total. The quantitative estimate of drug-likeness (QED) is 0.850. The summed E-state index contributed by atoms with van der Waals surface area (Å²) in [6.45, 7) is 7.35. The van der Waals surface area contributed by atoms with E-state index in [1.807, 2.05) is 6.92 Å². The Morgan fingerprint density at radius 2 is 1.95 bits per heavy atom. The van der Waals surface area contributed by atoms with Gasteiger partial charge in [0.15, 0.2) is 0 Å². The molecule has 3 nitrogen and oxygen atoms in total. The van der Waals surface area contributed by atoms with E-state index >= 15 is 0 Å². The molecule has 1 saturated heterocycles. The number of halogens is 2. The van der Waals surface area contributed by atoms with Gasteiger partial charge >= 0.3 is 0 Å². The van der Waals surface area contributed by atoms with Crippen LogP contribution in [0.1, 0.15) is 37.8 Å². The molecule has 0 aromatic heterocycles. The lowest BCUT2D eigenvalue weighted by Crippen LogP contribution is -2.45. The summed E-state index contributed by atoms with van der Waals surface area (Å²) in [6, 6.07) is 9.31. The summed E-state index contributed by atoms with van der Waals surface area (Å²) < 4.78 is 5.67. The second kappa shape index (κ2) is 9.61. The summed E-state index contributed by atoms with van der Waals surface area (Å²) in [7, 11) is 0. The highest BCUT2D eigenvalue weighted by molar-refractivity contribution is 5.85. The molecule has 1 aromatic carbocycles. The van der Waals surface area contributed by atoms with Crippen molar-refractivity contribution in [1.29, 1.82) is 0 Å². The highest BCUT2D eigenvalue weighted by Crippen LogP contribution is 2.40. The van der Waals surface area contributed by atoms with Crippen LogP contribution in [0.25, 0.3) is 0 Å². The molecule has 0 spiro atoms. The molecule has 2 fully saturated rings. The van der Waals surface area contributed by atoms with Crippen LogP contribution in [0.5, 0.6) is 5.75 Å². The van der Waals surface area contributed by atoms with Gasteiger partial charge in [0, 0.05) is 32.2 Å². The van der Waals surface area contributed by atoms with E-state index in [2.05, 4.69) is 34.5 Å². The predicted molar refractivity (Wildman–Crippen MR) is 96.6 cm³/mol. The lowest BCUT2D eigenvalue weighted by atomic mass is 9.98. The Morgan fingerprint density at radius 1 is 1.23 bits per heavy atom. The molecule has 5 heteroatoms. The molecule has 3 rings (SSSR count). The van der Waals surface area contributed by atoms with Crippen LogP contribution in [0.4, 0.5) is 0 Å². The lowest BCUT2D eigenvalue weighted by Gasteiger charge is -2.35. The van der Waals surface area contributed by atoms with E-state index in [9.17, 15) is 0 Å². The Labute approximate surface area is 146 Å². The molecule has 2 aliphatic rings. The average molecular weight is 347 g/mol. The molecule has 0 unspecified atom stereocenters. The van der Waals surface area contributed by atoms with E-state index in [-0.39, 0.29) is 24.8 Å². The standard InChI is InChI=1S/C17H26N2O.2ClH/c1-2-20-16-5-3-4-15(13-16)17(12-14-6-7-14)19-10-8-18-9-11-19;;/h3-5,13-14,17-18H,2,6-12H2,1H3;2*1H/t17-;;/m1../s1. The van der Waals surface area contributed by atoms with Gasteiger partial charge in [0.1, 0.15) is 5.75 Å². The number of hydrogen-bond donors (Lipinski definition) is 1. The van der Waals surface area contributed by atoms with Gasteiger partial charge in [0.05, 0.1) is 6.61 Å². The maximum Gasteiger partial charge on any atom is 0.119 e. The van der Waals surface area contributed by atoms with Crippen molar-refractivity contribution in [3.8, 4) is 5.75 Å². The highest BCUT2D eigenvalue weighted by Gasteiger charge is 2.30. The largest absolute Gasteiger partial charge is 0.494 e. The van der Waals surface area contributed by atoms with Gasteiger partial charge in [-0.25, -0.2) is 0 Å². The van der Waals surface area contributed by atoms with E-state index in [1.165, 1.54) is 24.8 Å². The molecule has 1 aromatic rings. The van der Waals surface area contributed by atoms with Crippen LogP contribution in [0.3, 0.4) is 0 Å². The molecule has 1 saturated carbocycles. The Balaban J connectivity index is 0.00000121. The number of hydrogen-bond acceptors (Lipinski definition) is 3. The molecule has 0 amide bonds. The molecule has 1 aliphatic carbocycles. The number of ether oxygens (including phenoxy) is 1.